The summed E-state index contributed by atoms with van der Waals surface area (Å²) in [7, 11) is 0. The predicted octanol–water partition coefficient (Wildman–Crippen LogP) is 0.986. The lowest BCUT2D eigenvalue weighted by Gasteiger charge is -2.26. The van der Waals surface area contributed by atoms with Crippen LogP contribution < -0.4 is 0 Å². The standard InChI is InChI=1S/C10H12N2O/c1-8(13)12-6-4-10-9(7-12)3-2-5-11-10/h2-3,5H,4,6-7H2,1H3. The number of amides is 1. The second kappa shape index (κ2) is 3.17. The molecule has 0 unspecified atom stereocenters. The Hall–Kier alpha value is -1.38. The Labute approximate surface area is 77.4 Å². The van der Waals surface area contributed by atoms with Gasteiger partial charge in [-0.15, -0.1) is 0 Å². The highest BCUT2D eigenvalue weighted by Crippen LogP contribution is 2.15. The number of carbonyl (C=O) groups is 1. The fraction of sp³-hybridized carbons (Fsp3) is 0.400. The van der Waals surface area contributed by atoms with Crippen molar-refractivity contribution in [3.8, 4) is 0 Å². The van der Waals surface area contributed by atoms with Gasteiger partial charge in [-0.05, 0) is 11.6 Å². The molecule has 13 heavy (non-hydrogen) atoms. The molecule has 3 nitrogen and oxygen atoms in total. The Bertz CT molecular complexity index is 335. The largest absolute Gasteiger partial charge is 0.338 e. The van der Waals surface area contributed by atoms with Crippen LogP contribution in [0.2, 0.25) is 0 Å². The molecule has 0 aromatic carbocycles. The molecule has 0 fully saturated rings. The first-order valence-electron chi connectivity index (χ1n) is 4.45. The lowest BCUT2D eigenvalue weighted by molar-refractivity contribution is -0.129. The van der Waals surface area contributed by atoms with E-state index in [9.17, 15) is 4.79 Å². The molecule has 1 amide bonds. The van der Waals surface area contributed by atoms with E-state index in [4.69, 9.17) is 0 Å². The number of pyridine rings is 1. The van der Waals surface area contributed by atoms with Gasteiger partial charge in [-0.1, -0.05) is 6.07 Å². The van der Waals surface area contributed by atoms with Crippen LogP contribution in [0.15, 0.2) is 18.3 Å². The summed E-state index contributed by atoms with van der Waals surface area (Å²) < 4.78 is 0. The fourth-order valence-corrected chi connectivity index (χ4v) is 1.63. The Morgan fingerprint density at radius 1 is 1.62 bits per heavy atom. The number of hydrogen-bond donors (Lipinski definition) is 0. The zero-order valence-corrected chi connectivity index (χ0v) is 7.66. The second-order valence-corrected chi connectivity index (χ2v) is 3.30. The topological polar surface area (TPSA) is 33.2 Å². The lowest BCUT2D eigenvalue weighted by Crippen LogP contribution is -2.34. The molecule has 0 bridgehead atoms. The maximum absolute atomic E-state index is 11.1. The van der Waals surface area contributed by atoms with Gasteiger partial charge in [0.1, 0.15) is 0 Å². The summed E-state index contributed by atoms with van der Waals surface area (Å²) in [5.74, 6) is 0.148. The average Bonchev–Trinajstić information content (AvgIpc) is 2.17. The highest BCUT2D eigenvalue weighted by atomic mass is 16.2. The quantitative estimate of drug-likeness (QED) is 0.590. The van der Waals surface area contributed by atoms with E-state index in [-0.39, 0.29) is 5.91 Å². The van der Waals surface area contributed by atoms with Crippen molar-refractivity contribution in [2.24, 2.45) is 0 Å². The first-order valence-corrected chi connectivity index (χ1v) is 4.45. The van der Waals surface area contributed by atoms with E-state index in [1.807, 2.05) is 23.2 Å². The van der Waals surface area contributed by atoms with Gasteiger partial charge < -0.3 is 4.90 Å². The van der Waals surface area contributed by atoms with Gasteiger partial charge in [0.2, 0.25) is 5.91 Å². The van der Waals surface area contributed by atoms with E-state index in [1.165, 1.54) is 5.56 Å². The van der Waals surface area contributed by atoms with Crippen molar-refractivity contribution < 1.29 is 4.79 Å². The molecule has 1 aromatic heterocycles. The van der Waals surface area contributed by atoms with Gasteiger partial charge in [-0.2, -0.15) is 0 Å². The van der Waals surface area contributed by atoms with Crippen molar-refractivity contribution in [3.63, 3.8) is 0 Å². The van der Waals surface area contributed by atoms with E-state index in [1.54, 1.807) is 6.92 Å². The smallest absolute Gasteiger partial charge is 0.219 e. The van der Waals surface area contributed by atoms with E-state index in [0.717, 1.165) is 25.2 Å². The maximum atomic E-state index is 11.1. The van der Waals surface area contributed by atoms with Crippen molar-refractivity contribution >= 4 is 5.91 Å². The molecule has 0 saturated carbocycles. The van der Waals surface area contributed by atoms with Gasteiger partial charge in [0, 0.05) is 38.3 Å². The lowest BCUT2D eigenvalue weighted by atomic mass is 10.1. The van der Waals surface area contributed by atoms with E-state index in [0.29, 0.717) is 0 Å². The molecule has 2 heterocycles. The third-order valence-electron chi connectivity index (χ3n) is 2.41. The molecule has 0 N–H and O–H groups in total. The first-order chi connectivity index (χ1) is 6.27. The van der Waals surface area contributed by atoms with E-state index < -0.39 is 0 Å². The summed E-state index contributed by atoms with van der Waals surface area (Å²) in [5, 5.41) is 0. The number of rotatable bonds is 0. The summed E-state index contributed by atoms with van der Waals surface area (Å²) in [5.41, 5.74) is 2.32. The number of hydrogen-bond acceptors (Lipinski definition) is 2. The average molecular weight is 176 g/mol. The minimum Gasteiger partial charge on any atom is -0.338 e. The molecule has 1 aromatic rings. The maximum Gasteiger partial charge on any atom is 0.219 e. The summed E-state index contributed by atoms with van der Waals surface area (Å²) in [6.45, 7) is 3.14. The third-order valence-corrected chi connectivity index (χ3v) is 2.41. The van der Waals surface area contributed by atoms with Crippen molar-refractivity contribution in [2.45, 2.75) is 19.9 Å². The van der Waals surface area contributed by atoms with Crippen LogP contribution in [0.4, 0.5) is 0 Å². The SMILES string of the molecule is CC(=O)N1CCc2ncccc2C1. The van der Waals surface area contributed by atoms with Crippen LogP contribution in [-0.4, -0.2) is 22.3 Å². The van der Waals surface area contributed by atoms with Crippen LogP contribution in [-0.2, 0) is 17.8 Å². The highest BCUT2D eigenvalue weighted by molar-refractivity contribution is 5.73. The van der Waals surface area contributed by atoms with Crippen molar-refractivity contribution in [3.05, 3.63) is 29.6 Å². The second-order valence-electron chi connectivity index (χ2n) is 3.30. The van der Waals surface area contributed by atoms with Gasteiger partial charge in [0.25, 0.3) is 0 Å². The van der Waals surface area contributed by atoms with Crippen LogP contribution in [0.25, 0.3) is 0 Å². The molecule has 68 valence electrons. The molecule has 0 saturated heterocycles. The molecular weight excluding hydrogens is 164 g/mol. The minimum absolute atomic E-state index is 0.148. The molecular formula is C10H12N2O. The summed E-state index contributed by atoms with van der Waals surface area (Å²) >= 11 is 0. The van der Waals surface area contributed by atoms with Gasteiger partial charge >= 0.3 is 0 Å². The van der Waals surface area contributed by atoms with Crippen molar-refractivity contribution in [2.75, 3.05) is 6.54 Å². The molecule has 0 radical (unpaired) electrons. The van der Waals surface area contributed by atoms with Crippen LogP contribution in [0.3, 0.4) is 0 Å². The van der Waals surface area contributed by atoms with Crippen molar-refractivity contribution in [1.29, 1.82) is 0 Å². The van der Waals surface area contributed by atoms with Gasteiger partial charge in [-0.3, -0.25) is 9.78 Å². The van der Waals surface area contributed by atoms with E-state index >= 15 is 0 Å². The first kappa shape index (κ1) is 8.23. The van der Waals surface area contributed by atoms with Crippen molar-refractivity contribution in [1.82, 2.24) is 9.88 Å². The van der Waals surface area contributed by atoms with Crippen LogP contribution in [0.5, 0.6) is 0 Å². The summed E-state index contributed by atoms with van der Waals surface area (Å²) in [4.78, 5) is 17.2. The molecule has 1 aliphatic rings. The predicted molar refractivity (Wildman–Crippen MR) is 49.0 cm³/mol. The monoisotopic (exact) mass is 176 g/mol. The normalized spacial score (nSPS) is 15.3. The number of nitrogens with zero attached hydrogens (tertiary/aromatic N) is 2. The minimum atomic E-state index is 0.148. The molecule has 2 rings (SSSR count). The molecule has 3 heteroatoms. The Balaban J connectivity index is 2.24. The summed E-state index contributed by atoms with van der Waals surface area (Å²) in [6.07, 6.45) is 2.69. The van der Waals surface area contributed by atoms with Gasteiger partial charge in [0.05, 0.1) is 0 Å². The molecule has 0 atom stereocenters. The van der Waals surface area contributed by atoms with Crippen LogP contribution >= 0.6 is 0 Å². The third kappa shape index (κ3) is 1.54. The number of aromatic nitrogens is 1. The van der Waals surface area contributed by atoms with Gasteiger partial charge in [0.15, 0.2) is 0 Å². The Morgan fingerprint density at radius 3 is 3.23 bits per heavy atom. The van der Waals surface area contributed by atoms with E-state index in [2.05, 4.69) is 4.98 Å². The fourth-order valence-electron chi connectivity index (χ4n) is 1.63. The highest BCUT2D eigenvalue weighted by Gasteiger charge is 2.17. The molecule has 1 aliphatic heterocycles. The Kier molecular flexibility index (Phi) is 2.00. The number of fused-ring (bicyclic) bond motifs is 1. The zero-order chi connectivity index (χ0) is 9.26. The molecule has 0 spiro atoms. The van der Waals surface area contributed by atoms with Crippen LogP contribution in [0.1, 0.15) is 18.2 Å². The van der Waals surface area contributed by atoms with Gasteiger partial charge in [-0.25, -0.2) is 0 Å². The van der Waals surface area contributed by atoms with Crippen LogP contribution in [0, 0.1) is 0 Å². The Morgan fingerprint density at radius 2 is 2.46 bits per heavy atom. The zero-order valence-electron chi connectivity index (χ0n) is 7.66. The number of carbonyl (C=O) groups excluding carboxylic acids is 1. The summed E-state index contributed by atoms with van der Waals surface area (Å²) in [6, 6.07) is 3.96. The molecule has 0 aliphatic carbocycles.